The molecule has 1 aliphatic heterocycles. The number of benzene rings is 1. The summed E-state index contributed by atoms with van der Waals surface area (Å²) in [6.07, 6.45) is 0.776. The van der Waals surface area contributed by atoms with Crippen LogP contribution in [0.15, 0.2) is 28.8 Å². The maximum atomic E-state index is 11.7. The molecular weight excluding hydrogens is 282 g/mol. The maximum Gasteiger partial charge on any atom is 0.251 e. The number of nitrogens with zero attached hydrogens (tertiary/aromatic N) is 2. The molecule has 0 spiro atoms. The average molecular weight is 301 g/mol. The first kappa shape index (κ1) is 14.6. The zero-order valence-electron chi connectivity index (χ0n) is 12.8. The minimum atomic E-state index is -0.0949. The fraction of sp³-hybridized carbons (Fsp3) is 0.375. The molecule has 22 heavy (non-hydrogen) atoms. The Labute approximate surface area is 129 Å². The number of hydrogen-bond acceptors (Lipinski definition) is 5. The van der Waals surface area contributed by atoms with Crippen molar-refractivity contribution >= 4 is 11.6 Å². The van der Waals surface area contributed by atoms with Crippen molar-refractivity contribution < 1.29 is 14.1 Å². The molecule has 1 amide bonds. The minimum Gasteiger partial charge on any atom is -0.376 e. The van der Waals surface area contributed by atoms with Crippen molar-refractivity contribution in [3.05, 3.63) is 46.8 Å². The number of carbonyl (C=O) groups excluding carboxylic acids is 1. The Morgan fingerprint density at radius 1 is 1.45 bits per heavy atom. The number of amides is 1. The van der Waals surface area contributed by atoms with Gasteiger partial charge < -0.3 is 19.5 Å². The van der Waals surface area contributed by atoms with Crippen molar-refractivity contribution in [3.8, 4) is 0 Å². The van der Waals surface area contributed by atoms with Gasteiger partial charge in [-0.25, -0.2) is 0 Å². The highest BCUT2D eigenvalue weighted by Crippen LogP contribution is 2.23. The van der Waals surface area contributed by atoms with Crippen molar-refractivity contribution in [3.63, 3.8) is 0 Å². The molecule has 2 aromatic rings. The largest absolute Gasteiger partial charge is 0.376 e. The molecule has 2 heterocycles. The first-order valence-corrected chi connectivity index (χ1v) is 7.26. The van der Waals surface area contributed by atoms with E-state index in [1.54, 1.807) is 13.1 Å². The minimum absolute atomic E-state index is 0.0949. The first-order valence-electron chi connectivity index (χ1n) is 7.26. The second-order valence-electron chi connectivity index (χ2n) is 5.32. The normalized spacial score (nSPS) is 13.5. The Hall–Kier alpha value is -2.34. The van der Waals surface area contributed by atoms with Gasteiger partial charge in [0.1, 0.15) is 11.5 Å². The van der Waals surface area contributed by atoms with Crippen LogP contribution in [0.4, 0.5) is 5.69 Å². The molecule has 3 rings (SSSR count). The third kappa shape index (κ3) is 2.82. The van der Waals surface area contributed by atoms with Crippen LogP contribution in [0.2, 0.25) is 0 Å². The molecule has 1 aromatic carbocycles. The van der Waals surface area contributed by atoms with E-state index in [9.17, 15) is 4.79 Å². The highest BCUT2D eigenvalue weighted by Gasteiger charge is 2.21. The number of nitrogens with one attached hydrogen (secondary N) is 1. The van der Waals surface area contributed by atoms with Crippen LogP contribution in [0.25, 0.3) is 0 Å². The lowest BCUT2D eigenvalue weighted by Crippen LogP contribution is -2.21. The van der Waals surface area contributed by atoms with E-state index in [1.807, 2.05) is 30.1 Å². The summed E-state index contributed by atoms with van der Waals surface area (Å²) in [5.74, 6) is 0.830. The summed E-state index contributed by atoms with van der Waals surface area (Å²) in [5.41, 5.74) is 3.54. The van der Waals surface area contributed by atoms with Gasteiger partial charge in [0.25, 0.3) is 5.91 Å². The molecule has 0 radical (unpaired) electrons. The molecule has 1 aliphatic rings. The van der Waals surface area contributed by atoms with Gasteiger partial charge in [0.05, 0.1) is 19.8 Å². The lowest BCUT2D eigenvalue weighted by atomic mass is 10.1. The molecule has 6 heteroatoms. The number of anilines is 1. The Morgan fingerprint density at radius 3 is 3.14 bits per heavy atom. The van der Waals surface area contributed by atoms with Crippen molar-refractivity contribution in [1.29, 1.82) is 0 Å². The molecule has 0 unspecified atom stereocenters. The Balaban J connectivity index is 1.78. The lowest BCUT2D eigenvalue weighted by molar-refractivity contribution is 0.0963. The van der Waals surface area contributed by atoms with E-state index in [0.717, 1.165) is 29.1 Å². The van der Waals surface area contributed by atoms with Crippen LogP contribution >= 0.6 is 0 Å². The van der Waals surface area contributed by atoms with E-state index >= 15 is 0 Å². The smallest absolute Gasteiger partial charge is 0.251 e. The van der Waals surface area contributed by atoms with Crippen molar-refractivity contribution in [2.45, 2.75) is 19.6 Å². The van der Waals surface area contributed by atoms with E-state index in [0.29, 0.717) is 25.3 Å². The molecule has 116 valence electrons. The molecule has 1 N–H and O–H groups in total. The number of fused-ring (bicyclic) bond motifs is 1. The summed E-state index contributed by atoms with van der Waals surface area (Å²) in [6, 6.07) is 7.50. The van der Waals surface area contributed by atoms with E-state index in [2.05, 4.69) is 10.5 Å². The summed E-state index contributed by atoms with van der Waals surface area (Å²) < 4.78 is 10.9. The van der Waals surface area contributed by atoms with Crippen LogP contribution in [0.5, 0.6) is 0 Å². The zero-order valence-corrected chi connectivity index (χ0v) is 12.8. The first-order chi connectivity index (χ1) is 10.7. The third-order valence-electron chi connectivity index (χ3n) is 3.83. The average Bonchev–Trinajstić information content (AvgIpc) is 2.97. The van der Waals surface area contributed by atoms with Crippen molar-refractivity contribution in [2.24, 2.45) is 0 Å². The van der Waals surface area contributed by atoms with Crippen LogP contribution in [0.1, 0.15) is 27.4 Å². The molecule has 6 nitrogen and oxygen atoms in total. The highest BCUT2D eigenvalue weighted by molar-refractivity contribution is 5.94. The van der Waals surface area contributed by atoms with Crippen LogP contribution in [0.3, 0.4) is 0 Å². The maximum absolute atomic E-state index is 11.7. The van der Waals surface area contributed by atoms with Gasteiger partial charge in [-0.3, -0.25) is 4.79 Å². The second kappa shape index (κ2) is 6.19. The standard InChI is InChI=1S/C16H19N3O3/c1-17-16(20)11-4-3-5-12(8-11)19(2)9-14-13-10-21-7-6-15(13)22-18-14/h3-5,8H,6-7,9-10H2,1-2H3,(H,17,20). The predicted octanol–water partition coefficient (Wildman–Crippen LogP) is 1.74. The van der Waals surface area contributed by atoms with Gasteiger partial charge in [-0.1, -0.05) is 11.2 Å². The third-order valence-corrected chi connectivity index (χ3v) is 3.83. The van der Waals surface area contributed by atoms with Gasteiger partial charge in [0, 0.05) is 37.3 Å². The lowest BCUT2D eigenvalue weighted by Gasteiger charge is -2.20. The predicted molar refractivity (Wildman–Crippen MR) is 81.8 cm³/mol. The molecule has 0 aliphatic carbocycles. The van der Waals surface area contributed by atoms with Gasteiger partial charge in [-0.15, -0.1) is 0 Å². The summed E-state index contributed by atoms with van der Waals surface area (Å²) >= 11 is 0. The number of rotatable bonds is 4. The summed E-state index contributed by atoms with van der Waals surface area (Å²) in [7, 11) is 3.59. The van der Waals surface area contributed by atoms with Gasteiger partial charge in [-0.2, -0.15) is 0 Å². The fourth-order valence-electron chi connectivity index (χ4n) is 2.55. The summed E-state index contributed by atoms with van der Waals surface area (Å²) in [5, 5.41) is 6.79. The number of aromatic nitrogens is 1. The quantitative estimate of drug-likeness (QED) is 0.931. The van der Waals surface area contributed by atoms with Crippen LogP contribution in [-0.2, 0) is 24.3 Å². The van der Waals surface area contributed by atoms with E-state index in [4.69, 9.17) is 9.26 Å². The van der Waals surface area contributed by atoms with E-state index in [1.165, 1.54) is 0 Å². The van der Waals surface area contributed by atoms with Crippen LogP contribution < -0.4 is 10.2 Å². The molecule has 0 fully saturated rings. The van der Waals surface area contributed by atoms with E-state index in [-0.39, 0.29) is 5.91 Å². The number of carbonyl (C=O) groups is 1. The van der Waals surface area contributed by atoms with Crippen LogP contribution in [0, 0.1) is 0 Å². The van der Waals surface area contributed by atoms with Crippen LogP contribution in [-0.4, -0.2) is 31.8 Å². The van der Waals surface area contributed by atoms with Gasteiger partial charge in [-0.05, 0) is 18.2 Å². The highest BCUT2D eigenvalue weighted by atomic mass is 16.5. The monoisotopic (exact) mass is 301 g/mol. The fourth-order valence-corrected chi connectivity index (χ4v) is 2.55. The molecular formula is C16H19N3O3. The zero-order chi connectivity index (χ0) is 15.5. The molecule has 0 atom stereocenters. The van der Waals surface area contributed by atoms with Crippen molar-refractivity contribution in [2.75, 3.05) is 25.6 Å². The Bertz CT molecular complexity index is 681. The Kier molecular flexibility index (Phi) is 4.11. The van der Waals surface area contributed by atoms with Crippen molar-refractivity contribution in [1.82, 2.24) is 10.5 Å². The molecule has 0 saturated heterocycles. The molecule has 0 saturated carbocycles. The number of hydrogen-bond donors (Lipinski definition) is 1. The summed E-state index contributed by atoms with van der Waals surface area (Å²) in [6.45, 7) is 1.85. The Morgan fingerprint density at radius 2 is 2.32 bits per heavy atom. The number of ether oxygens (including phenoxy) is 1. The second-order valence-corrected chi connectivity index (χ2v) is 5.32. The van der Waals surface area contributed by atoms with Gasteiger partial charge in [0.15, 0.2) is 0 Å². The van der Waals surface area contributed by atoms with E-state index < -0.39 is 0 Å². The van der Waals surface area contributed by atoms with Gasteiger partial charge >= 0.3 is 0 Å². The summed E-state index contributed by atoms with van der Waals surface area (Å²) in [4.78, 5) is 13.8. The van der Waals surface area contributed by atoms with Gasteiger partial charge in [0.2, 0.25) is 0 Å². The SMILES string of the molecule is CNC(=O)c1cccc(N(C)Cc2noc3c2COCC3)c1. The topological polar surface area (TPSA) is 67.6 Å². The molecule has 1 aromatic heterocycles. The molecule has 0 bridgehead atoms.